The lowest BCUT2D eigenvalue weighted by Crippen LogP contribution is -2.13. The summed E-state index contributed by atoms with van der Waals surface area (Å²) < 4.78 is 10.5. The van der Waals surface area contributed by atoms with Gasteiger partial charge in [-0.2, -0.15) is 0 Å². The van der Waals surface area contributed by atoms with Crippen LogP contribution in [0.4, 0.5) is 0 Å². The fourth-order valence-corrected chi connectivity index (χ4v) is 2.17. The lowest BCUT2D eigenvalue weighted by molar-refractivity contribution is 0.414. The molecule has 20 heavy (non-hydrogen) atoms. The molecule has 1 N–H and O–H groups in total. The second kappa shape index (κ2) is 5.75. The number of hydrogen-bond acceptors (Lipinski definition) is 4. The highest BCUT2D eigenvalue weighted by Crippen LogP contribution is 2.17. The number of aromatic nitrogens is 1. The maximum absolute atomic E-state index is 5.28. The topological polar surface area (TPSA) is 47.3 Å². The molecule has 1 aromatic heterocycles. The van der Waals surface area contributed by atoms with Crippen LogP contribution in [0.25, 0.3) is 11.0 Å². The summed E-state index contributed by atoms with van der Waals surface area (Å²) >= 11 is 0. The van der Waals surface area contributed by atoms with E-state index >= 15 is 0 Å². The highest BCUT2D eigenvalue weighted by Gasteiger charge is 2.06. The van der Waals surface area contributed by atoms with Gasteiger partial charge in [0.25, 0.3) is 0 Å². The van der Waals surface area contributed by atoms with Gasteiger partial charge in [-0.05, 0) is 29.8 Å². The van der Waals surface area contributed by atoms with Gasteiger partial charge in [-0.3, -0.25) is 0 Å². The van der Waals surface area contributed by atoms with Gasteiger partial charge in [0.05, 0.1) is 7.11 Å². The van der Waals surface area contributed by atoms with Crippen molar-refractivity contribution in [3.05, 3.63) is 59.8 Å². The third-order valence-electron chi connectivity index (χ3n) is 3.21. The molecule has 0 aliphatic heterocycles. The molecule has 2 aromatic carbocycles. The van der Waals surface area contributed by atoms with Crippen LogP contribution in [0.5, 0.6) is 5.75 Å². The van der Waals surface area contributed by atoms with Crippen LogP contribution < -0.4 is 10.1 Å². The van der Waals surface area contributed by atoms with Crippen molar-refractivity contribution in [1.82, 2.24) is 10.5 Å². The van der Waals surface area contributed by atoms with Gasteiger partial charge >= 0.3 is 0 Å². The Labute approximate surface area is 117 Å². The fraction of sp³-hybridized carbons (Fsp3) is 0.188. The highest BCUT2D eigenvalue weighted by molar-refractivity contribution is 5.79. The first-order chi connectivity index (χ1) is 9.86. The first-order valence-electron chi connectivity index (χ1n) is 6.54. The van der Waals surface area contributed by atoms with E-state index in [1.165, 1.54) is 5.56 Å². The molecule has 3 aromatic rings. The van der Waals surface area contributed by atoms with Gasteiger partial charge < -0.3 is 14.6 Å². The smallest absolute Gasteiger partial charge is 0.167 e. The SMILES string of the molecule is COc1cccc(CNCc2noc3ccccc23)c1. The van der Waals surface area contributed by atoms with Crippen LogP contribution in [-0.2, 0) is 13.1 Å². The van der Waals surface area contributed by atoms with E-state index in [2.05, 4.69) is 16.5 Å². The summed E-state index contributed by atoms with van der Waals surface area (Å²) in [6.45, 7) is 1.44. The maximum Gasteiger partial charge on any atom is 0.167 e. The Morgan fingerprint density at radius 3 is 2.90 bits per heavy atom. The highest BCUT2D eigenvalue weighted by atomic mass is 16.5. The predicted molar refractivity (Wildman–Crippen MR) is 77.5 cm³/mol. The second-order valence-electron chi connectivity index (χ2n) is 4.58. The van der Waals surface area contributed by atoms with E-state index < -0.39 is 0 Å². The third-order valence-corrected chi connectivity index (χ3v) is 3.21. The Balaban J connectivity index is 1.65. The van der Waals surface area contributed by atoms with Gasteiger partial charge in [0.2, 0.25) is 0 Å². The summed E-state index contributed by atoms with van der Waals surface area (Å²) in [6.07, 6.45) is 0. The first kappa shape index (κ1) is 12.7. The quantitative estimate of drug-likeness (QED) is 0.772. The molecule has 4 heteroatoms. The molecule has 4 nitrogen and oxygen atoms in total. The van der Waals surface area contributed by atoms with E-state index in [-0.39, 0.29) is 0 Å². The molecule has 0 atom stereocenters. The van der Waals surface area contributed by atoms with E-state index in [4.69, 9.17) is 9.26 Å². The summed E-state index contributed by atoms with van der Waals surface area (Å²) in [5.41, 5.74) is 2.94. The average Bonchev–Trinajstić information content (AvgIpc) is 2.91. The van der Waals surface area contributed by atoms with Crippen LogP contribution in [0.15, 0.2) is 53.1 Å². The average molecular weight is 268 g/mol. The van der Waals surface area contributed by atoms with Crippen molar-refractivity contribution in [3.8, 4) is 5.75 Å². The number of rotatable bonds is 5. The van der Waals surface area contributed by atoms with E-state index in [0.29, 0.717) is 6.54 Å². The van der Waals surface area contributed by atoms with Crippen LogP contribution in [0, 0.1) is 0 Å². The molecule has 0 amide bonds. The molecule has 0 aliphatic rings. The van der Waals surface area contributed by atoms with Gasteiger partial charge in [-0.1, -0.05) is 29.4 Å². The molecule has 0 spiro atoms. The van der Waals surface area contributed by atoms with Gasteiger partial charge in [0.15, 0.2) is 5.58 Å². The Morgan fingerprint density at radius 1 is 1.10 bits per heavy atom. The standard InChI is InChI=1S/C16H16N2O2/c1-19-13-6-4-5-12(9-13)10-17-11-15-14-7-2-3-8-16(14)20-18-15/h2-9,17H,10-11H2,1H3. The van der Waals surface area contributed by atoms with Crippen LogP contribution in [0.1, 0.15) is 11.3 Å². The molecule has 0 radical (unpaired) electrons. The Kier molecular flexibility index (Phi) is 3.65. The summed E-state index contributed by atoms with van der Waals surface area (Å²) in [6, 6.07) is 15.9. The van der Waals surface area contributed by atoms with Crippen molar-refractivity contribution in [2.24, 2.45) is 0 Å². The van der Waals surface area contributed by atoms with Crippen molar-refractivity contribution >= 4 is 11.0 Å². The molecule has 0 saturated carbocycles. The largest absolute Gasteiger partial charge is 0.497 e. The molecule has 102 valence electrons. The molecule has 0 bridgehead atoms. The molecular formula is C16H16N2O2. The van der Waals surface area contributed by atoms with Crippen LogP contribution in [0.2, 0.25) is 0 Å². The minimum atomic E-state index is 0.675. The van der Waals surface area contributed by atoms with Crippen molar-refractivity contribution in [3.63, 3.8) is 0 Å². The number of hydrogen-bond donors (Lipinski definition) is 1. The molecule has 0 aliphatic carbocycles. The van der Waals surface area contributed by atoms with E-state index in [1.807, 2.05) is 42.5 Å². The zero-order chi connectivity index (χ0) is 13.8. The van der Waals surface area contributed by atoms with Crippen molar-refractivity contribution in [1.29, 1.82) is 0 Å². The van der Waals surface area contributed by atoms with Gasteiger partial charge in [-0.25, -0.2) is 0 Å². The lowest BCUT2D eigenvalue weighted by atomic mass is 10.2. The van der Waals surface area contributed by atoms with Crippen LogP contribution >= 0.6 is 0 Å². The van der Waals surface area contributed by atoms with Crippen molar-refractivity contribution < 1.29 is 9.26 Å². The number of benzene rings is 2. The zero-order valence-corrected chi connectivity index (χ0v) is 11.3. The molecular weight excluding hydrogens is 252 g/mol. The molecule has 0 unspecified atom stereocenters. The Hall–Kier alpha value is -2.33. The van der Waals surface area contributed by atoms with Gasteiger partial charge in [-0.15, -0.1) is 0 Å². The van der Waals surface area contributed by atoms with Gasteiger partial charge in [0.1, 0.15) is 11.4 Å². The summed E-state index contributed by atoms with van der Waals surface area (Å²) in [7, 11) is 1.67. The maximum atomic E-state index is 5.28. The normalized spacial score (nSPS) is 10.8. The van der Waals surface area contributed by atoms with E-state index in [9.17, 15) is 0 Å². The number of methoxy groups -OCH3 is 1. The summed E-state index contributed by atoms with van der Waals surface area (Å²) in [5.74, 6) is 0.871. The fourth-order valence-electron chi connectivity index (χ4n) is 2.17. The summed E-state index contributed by atoms with van der Waals surface area (Å²) in [4.78, 5) is 0. The number of ether oxygens (including phenoxy) is 1. The molecule has 1 heterocycles. The lowest BCUT2D eigenvalue weighted by Gasteiger charge is -2.05. The van der Waals surface area contributed by atoms with E-state index in [1.54, 1.807) is 7.11 Å². The van der Waals surface area contributed by atoms with E-state index in [0.717, 1.165) is 29.0 Å². The van der Waals surface area contributed by atoms with Crippen molar-refractivity contribution in [2.45, 2.75) is 13.1 Å². The molecule has 0 saturated heterocycles. The minimum absolute atomic E-state index is 0.675. The number of nitrogens with zero attached hydrogens (tertiary/aromatic N) is 1. The number of nitrogens with one attached hydrogen (secondary N) is 1. The zero-order valence-electron chi connectivity index (χ0n) is 11.3. The Bertz CT molecular complexity index is 706. The molecule has 3 rings (SSSR count). The predicted octanol–water partition coefficient (Wildman–Crippen LogP) is 3.13. The van der Waals surface area contributed by atoms with Crippen LogP contribution in [-0.4, -0.2) is 12.3 Å². The Morgan fingerprint density at radius 2 is 2.00 bits per heavy atom. The second-order valence-corrected chi connectivity index (χ2v) is 4.58. The number of para-hydroxylation sites is 1. The first-order valence-corrected chi connectivity index (χ1v) is 6.54. The molecule has 0 fully saturated rings. The van der Waals surface area contributed by atoms with Crippen LogP contribution in [0.3, 0.4) is 0 Å². The monoisotopic (exact) mass is 268 g/mol. The third kappa shape index (κ3) is 2.65. The minimum Gasteiger partial charge on any atom is -0.497 e. The summed E-state index contributed by atoms with van der Waals surface area (Å²) in [5, 5.41) is 8.53. The number of fused-ring (bicyclic) bond motifs is 1. The van der Waals surface area contributed by atoms with Crippen molar-refractivity contribution in [2.75, 3.05) is 7.11 Å². The van der Waals surface area contributed by atoms with Gasteiger partial charge in [0, 0.05) is 18.5 Å².